The van der Waals surface area contributed by atoms with Crippen molar-refractivity contribution in [1.82, 2.24) is 0 Å². The van der Waals surface area contributed by atoms with Crippen LogP contribution in [0.3, 0.4) is 0 Å². The molecule has 0 aromatic heterocycles. The van der Waals surface area contributed by atoms with Gasteiger partial charge in [-0.05, 0) is 36.2 Å². The highest BCUT2D eigenvalue weighted by Crippen LogP contribution is 2.29. The van der Waals surface area contributed by atoms with Gasteiger partial charge in [0.2, 0.25) is 0 Å². The number of hydrogen-bond acceptors (Lipinski definition) is 2. The Balaban J connectivity index is 2.25. The van der Waals surface area contributed by atoms with Crippen molar-refractivity contribution in [2.24, 2.45) is 0 Å². The number of aromatic carboxylic acids is 1. The van der Waals surface area contributed by atoms with Crippen LogP contribution in [0.1, 0.15) is 29.3 Å². The van der Waals surface area contributed by atoms with Crippen molar-refractivity contribution in [1.29, 1.82) is 0 Å². The third-order valence-electron chi connectivity index (χ3n) is 2.93. The van der Waals surface area contributed by atoms with E-state index in [1.54, 1.807) is 12.1 Å². The topological polar surface area (TPSA) is 46.5 Å². The van der Waals surface area contributed by atoms with E-state index in [9.17, 15) is 13.6 Å². The van der Waals surface area contributed by atoms with Gasteiger partial charge in [0.15, 0.2) is 17.4 Å². The van der Waals surface area contributed by atoms with Crippen LogP contribution in [0.2, 0.25) is 0 Å². The lowest BCUT2D eigenvalue weighted by Gasteiger charge is -2.09. The molecular formula is C16H14F2O3. The van der Waals surface area contributed by atoms with Crippen LogP contribution in [0, 0.1) is 11.6 Å². The van der Waals surface area contributed by atoms with Crippen molar-refractivity contribution in [3.8, 4) is 11.5 Å². The maximum atomic E-state index is 13.7. The van der Waals surface area contributed by atoms with Gasteiger partial charge in [0.1, 0.15) is 5.75 Å². The zero-order valence-electron chi connectivity index (χ0n) is 11.4. The van der Waals surface area contributed by atoms with Crippen molar-refractivity contribution >= 4 is 5.97 Å². The lowest BCUT2D eigenvalue weighted by Crippen LogP contribution is -2.01. The monoisotopic (exact) mass is 292 g/mol. The number of carboxylic acids is 1. The van der Waals surface area contributed by atoms with Crippen LogP contribution in [0.25, 0.3) is 0 Å². The Labute approximate surface area is 120 Å². The second-order valence-electron chi connectivity index (χ2n) is 4.57. The molecule has 2 aromatic rings. The molecule has 0 saturated carbocycles. The molecule has 2 aromatic carbocycles. The molecular weight excluding hydrogens is 278 g/mol. The van der Waals surface area contributed by atoms with Gasteiger partial charge in [-0.25, -0.2) is 13.6 Å². The molecule has 110 valence electrons. The summed E-state index contributed by atoms with van der Waals surface area (Å²) in [7, 11) is 0. The smallest absolute Gasteiger partial charge is 0.335 e. The molecule has 0 bridgehead atoms. The Kier molecular flexibility index (Phi) is 4.52. The summed E-state index contributed by atoms with van der Waals surface area (Å²) in [6, 6.07) is 8.34. The van der Waals surface area contributed by atoms with Gasteiger partial charge in [0.25, 0.3) is 0 Å². The van der Waals surface area contributed by atoms with Crippen LogP contribution >= 0.6 is 0 Å². The molecule has 0 heterocycles. The minimum absolute atomic E-state index is 0.288. The maximum Gasteiger partial charge on any atom is 0.335 e. The normalized spacial score (nSPS) is 10.4. The van der Waals surface area contributed by atoms with Gasteiger partial charge in [0.05, 0.1) is 5.56 Å². The van der Waals surface area contributed by atoms with E-state index in [-0.39, 0.29) is 5.75 Å². The molecule has 5 heteroatoms. The van der Waals surface area contributed by atoms with E-state index in [0.29, 0.717) is 0 Å². The van der Waals surface area contributed by atoms with Crippen molar-refractivity contribution < 1.29 is 23.4 Å². The number of aryl methyl sites for hydroxylation is 1. The number of carboxylic acid groups (broad SMARTS) is 1. The fraction of sp³-hybridized carbons (Fsp3) is 0.188. The third kappa shape index (κ3) is 3.56. The van der Waals surface area contributed by atoms with Crippen LogP contribution in [-0.4, -0.2) is 11.1 Å². The lowest BCUT2D eigenvalue weighted by molar-refractivity contribution is 0.0695. The van der Waals surface area contributed by atoms with E-state index < -0.39 is 28.9 Å². The zero-order chi connectivity index (χ0) is 15.4. The van der Waals surface area contributed by atoms with Crippen molar-refractivity contribution in [3.05, 3.63) is 59.2 Å². The Morgan fingerprint density at radius 2 is 1.71 bits per heavy atom. The van der Waals surface area contributed by atoms with Gasteiger partial charge in [0, 0.05) is 0 Å². The fourth-order valence-electron chi connectivity index (χ4n) is 1.91. The molecule has 1 N–H and O–H groups in total. The number of carbonyl (C=O) groups is 1. The first-order chi connectivity index (χ1) is 10.0. The molecule has 0 amide bonds. The summed E-state index contributed by atoms with van der Waals surface area (Å²) >= 11 is 0. The van der Waals surface area contributed by atoms with Gasteiger partial charge >= 0.3 is 5.97 Å². The van der Waals surface area contributed by atoms with E-state index >= 15 is 0 Å². The quantitative estimate of drug-likeness (QED) is 0.888. The van der Waals surface area contributed by atoms with Crippen LogP contribution in [0.4, 0.5) is 8.78 Å². The highest BCUT2D eigenvalue weighted by molar-refractivity contribution is 5.87. The molecule has 3 nitrogen and oxygen atoms in total. The van der Waals surface area contributed by atoms with E-state index in [0.717, 1.165) is 30.5 Å². The second kappa shape index (κ2) is 6.35. The van der Waals surface area contributed by atoms with Gasteiger partial charge < -0.3 is 9.84 Å². The molecule has 0 atom stereocenters. The molecule has 21 heavy (non-hydrogen) atoms. The van der Waals surface area contributed by atoms with Crippen LogP contribution < -0.4 is 4.74 Å². The Morgan fingerprint density at radius 1 is 1.14 bits per heavy atom. The van der Waals surface area contributed by atoms with E-state index in [4.69, 9.17) is 9.84 Å². The minimum Gasteiger partial charge on any atom is -0.478 e. The molecule has 2 rings (SSSR count). The number of rotatable bonds is 5. The minimum atomic E-state index is -1.40. The molecule has 0 radical (unpaired) electrons. The SMILES string of the molecule is CCCc1ccc(Oc2c(F)cc(C(=O)O)cc2F)cc1. The van der Waals surface area contributed by atoms with Crippen LogP contribution in [-0.2, 0) is 6.42 Å². The predicted octanol–water partition coefficient (Wildman–Crippen LogP) is 4.41. The van der Waals surface area contributed by atoms with Crippen LogP contribution in [0.5, 0.6) is 11.5 Å². The van der Waals surface area contributed by atoms with E-state index in [1.807, 2.05) is 12.1 Å². The van der Waals surface area contributed by atoms with Crippen molar-refractivity contribution in [3.63, 3.8) is 0 Å². The standard InChI is InChI=1S/C16H14F2O3/c1-2-3-10-4-6-12(7-5-10)21-15-13(17)8-11(16(19)20)9-14(15)18/h4-9H,2-3H2,1H3,(H,19,20). The first-order valence-electron chi connectivity index (χ1n) is 6.50. The molecule has 0 aliphatic heterocycles. The summed E-state index contributed by atoms with van der Waals surface area (Å²) in [6.07, 6.45) is 1.91. The average Bonchev–Trinajstić information content (AvgIpc) is 2.44. The predicted molar refractivity (Wildman–Crippen MR) is 73.8 cm³/mol. The highest BCUT2D eigenvalue weighted by atomic mass is 19.1. The zero-order valence-corrected chi connectivity index (χ0v) is 11.4. The van der Waals surface area contributed by atoms with Crippen molar-refractivity contribution in [2.75, 3.05) is 0 Å². The van der Waals surface area contributed by atoms with E-state index in [1.165, 1.54) is 0 Å². The molecule has 0 aliphatic carbocycles. The Bertz CT molecular complexity index is 628. The molecule has 0 unspecified atom stereocenters. The molecule has 0 fully saturated rings. The van der Waals surface area contributed by atoms with Gasteiger partial charge in [-0.1, -0.05) is 25.5 Å². The Morgan fingerprint density at radius 3 is 2.19 bits per heavy atom. The summed E-state index contributed by atoms with van der Waals surface area (Å²) in [5.41, 5.74) is 0.641. The first-order valence-corrected chi connectivity index (χ1v) is 6.50. The number of halogens is 2. The molecule has 0 aliphatic rings. The van der Waals surface area contributed by atoms with Gasteiger partial charge in [-0.2, -0.15) is 0 Å². The highest BCUT2D eigenvalue weighted by Gasteiger charge is 2.16. The molecule has 0 saturated heterocycles. The summed E-state index contributed by atoms with van der Waals surface area (Å²) in [5, 5.41) is 8.72. The number of benzene rings is 2. The first kappa shape index (κ1) is 15.0. The van der Waals surface area contributed by atoms with E-state index in [2.05, 4.69) is 6.92 Å². The summed E-state index contributed by atoms with van der Waals surface area (Å²) < 4.78 is 32.6. The number of hydrogen-bond donors (Lipinski definition) is 1. The summed E-state index contributed by atoms with van der Waals surface area (Å²) in [6.45, 7) is 2.05. The van der Waals surface area contributed by atoms with Crippen molar-refractivity contribution in [2.45, 2.75) is 19.8 Å². The average molecular weight is 292 g/mol. The second-order valence-corrected chi connectivity index (χ2v) is 4.57. The third-order valence-corrected chi connectivity index (χ3v) is 2.93. The summed E-state index contributed by atoms with van der Waals surface area (Å²) in [5.74, 6) is -3.82. The largest absolute Gasteiger partial charge is 0.478 e. The Hall–Kier alpha value is -2.43. The van der Waals surface area contributed by atoms with Gasteiger partial charge in [-0.3, -0.25) is 0 Å². The lowest BCUT2D eigenvalue weighted by atomic mass is 10.1. The number of ether oxygens (including phenoxy) is 1. The maximum absolute atomic E-state index is 13.7. The van der Waals surface area contributed by atoms with Crippen LogP contribution in [0.15, 0.2) is 36.4 Å². The fourth-order valence-corrected chi connectivity index (χ4v) is 1.91. The summed E-state index contributed by atoms with van der Waals surface area (Å²) in [4.78, 5) is 10.7. The molecule has 0 spiro atoms. The van der Waals surface area contributed by atoms with Gasteiger partial charge in [-0.15, -0.1) is 0 Å².